The molecule has 2 saturated heterocycles. The number of nitrogens with zero attached hydrogens (tertiary/aromatic N) is 4. The molecule has 5 rings (SSSR count). The van der Waals surface area contributed by atoms with Gasteiger partial charge in [-0.25, -0.2) is 4.98 Å². The van der Waals surface area contributed by atoms with E-state index < -0.39 is 0 Å². The Kier molecular flexibility index (Phi) is 6.13. The van der Waals surface area contributed by atoms with Gasteiger partial charge in [-0.05, 0) is 62.1 Å². The summed E-state index contributed by atoms with van der Waals surface area (Å²) in [5.41, 5.74) is 2.64. The number of anilines is 1. The van der Waals surface area contributed by atoms with Crippen molar-refractivity contribution in [2.75, 3.05) is 44.3 Å². The molecule has 0 unspecified atom stereocenters. The summed E-state index contributed by atoms with van der Waals surface area (Å²) in [6.45, 7) is 7.23. The number of para-hydroxylation sites is 1. The topological polar surface area (TPSA) is 67.7 Å². The second-order valence-electron chi connectivity index (χ2n) is 8.97. The molecule has 3 aromatic rings. The maximum Gasteiger partial charge on any atom is 0.261 e. The van der Waals surface area contributed by atoms with Crippen LogP contribution in [-0.4, -0.2) is 59.8 Å². The number of fused-ring (bicyclic) bond motifs is 1. The average molecular weight is 447 g/mol. The van der Waals surface area contributed by atoms with Crippen LogP contribution in [0.4, 0.5) is 5.69 Å². The zero-order valence-electron chi connectivity index (χ0n) is 19.1. The molecule has 0 radical (unpaired) electrons. The highest BCUT2D eigenvalue weighted by Gasteiger charge is 2.25. The van der Waals surface area contributed by atoms with Crippen molar-refractivity contribution in [3.8, 4) is 0 Å². The number of rotatable bonds is 4. The monoisotopic (exact) mass is 446 g/mol. The van der Waals surface area contributed by atoms with E-state index >= 15 is 0 Å². The Bertz CT molecular complexity index is 1190. The van der Waals surface area contributed by atoms with Gasteiger partial charge >= 0.3 is 0 Å². The summed E-state index contributed by atoms with van der Waals surface area (Å²) in [6.07, 6.45) is 1.77. The molecular formula is C26H30N4O3. The number of amides is 1. The number of hydrogen-bond acceptors (Lipinski definition) is 5. The second kappa shape index (κ2) is 9.35. The third kappa shape index (κ3) is 4.50. The van der Waals surface area contributed by atoms with Gasteiger partial charge in [-0.2, -0.15) is 0 Å². The number of likely N-dealkylation sites (tertiary alicyclic amines) is 1. The van der Waals surface area contributed by atoms with Crippen molar-refractivity contribution in [1.29, 1.82) is 0 Å². The van der Waals surface area contributed by atoms with Gasteiger partial charge in [0.25, 0.3) is 11.5 Å². The summed E-state index contributed by atoms with van der Waals surface area (Å²) in [4.78, 5) is 34.8. The van der Waals surface area contributed by atoms with Gasteiger partial charge < -0.3 is 14.5 Å². The molecule has 7 nitrogen and oxygen atoms in total. The lowest BCUT2D eigenvalue weighted by atomic mass is 9.96. The fourth-order valence-corrected chi connectivity index (χ4v) is 4.89. The van der Waals surface area contributed by atoms with Crippen LogP contribution in [0.1, 0.15) is 29.0 Å². The third-order valence-corrected chi connectivity index (χ3v) is 6.89. The zero-order chi connectivity index (χ0) is 22.8. The maximum atomic E-state index is 13.0. The second-order valence-corrected chi connectivity index (χ2v) is 8.97. The van der Waals surface area contributed by atoms with Crippen LogP contribution in [0.15, 0.2) is 53.3 Å². The van der Waals surface area contributed by atoms with Crippen LogP contribution in [0, 0.1) is 12.8 Å². The van der Waals surface area contributed by atoms with Crippen molar-refractivity contribution in [2.24, 2.45) is 5.92 Å². The number of carbonyl (C=O) groups excluding carboxylic acids is 1. The molecule has 2 fully saturated rings. The Balaban J connectivity index is 1.21. The first-order chi connectivity index (χ1) is 16.1. The number of benzene rings is 2. The highest BCUT2D eigenvalue weighted by atomic mass is 16.5. The van der Waals surface area contributed by atoms with E-state index in [2.05, 4.69) is 9.88 Å². The molecule has 1 amide bonds. The van der Waals surface area contributed by atoms with Crippen molar-refractivity contribution in [3.05, 3.63) is 70.3 Å². The Morgan fingerprint density at radius 2 is 1.70 bits per heavy atom. The Morgan fingerprint density at radius 3 is 2.42 bits per heavy atom. The normalized spacial score (nSPS) is 17.5. The molecule has 0 atom stereocenters. The SMILES string of the molecule is Cc1nc2ccccc2c(=O)n1CC1CCN(C(=O)c2ccc(N3CCOCC3)cc2)CC1. The number of hydrogen-bond donors (Lipinski definition) is 0. The molecule has 1 aromatic heterocycles. The lowest BCUT2D eigenvalue weighted by Crippen LogP contribution is -2.40. The minimum atomic E-state index is 0.0250. The highest BCUT2D eigenvalue weighted by Crippen LogP contribution is 2.23. The third-order valence-electron chi connectivity index (χ3n) is 6.89. The standard InChI is InChI=1S/C26H30N4O3/c1-19-27-24-5-3-2-4-23(24)26(32)30(19)18-20-10-12-29(13-11-20)25(31)21-6-8-22(9-7-21)28-14-16-33-17-15-28/h2-9,20H,10-18H2,1H3. The Morgan fingerprint density at radius 1 is 1.00 bits per heavy atom. The molecule has 3 heterocycles. The molecule has 0 bridgehead atoms. The van der Waals surface area contributed by atoms with E-state index in [0.29, 0.717) is 30.9 Å². The van der Waals surface area contributed by atoms with Crippen LogP contribution in [0.25, 0.3) is 10.9 Å². The van der Waals surface area contributed by atoms with Gasteiger partial charge in [0.2, 0.25) is 0 Å². The fraction of sp³-hybridized carbons (Fsp3) is 0.423. The van der Waals surface area contributed by atoms with Crippen molar-refractivity contribution in [1.82, 2.24) is 14.5 Å². The van der Waals surface area contributed by atoms with E-state index in [4.69, 9.17) is 4.74 Å². The molecule has 0 saturated carbocycles. The first-order valence-electron chi connectivity index (χ1n) is 11.8. The maximum absolute atomic E-state index is 13.0. The molecule has 2 aliphatic heterocycles. The predicted octanol–water partition coefficient (Wildman–Crippen LogP) is 3.09. The minimum Gasteiger partial charge on any atom is -0.378 e. The molecule has 0 N–H and O–H groups in total. The zero-order valence-corrected chi connectivity index (χ0v) is 19.1. The van der Waals surface area contributed by atoms with Gasteiger partial charge in [-0.1, -0.05) is 12.1 Å². The van der Waals surface area contributed by atoms with Crippen molar-refractivity contribution >= 4 is 22.5 Å². The molecule has 172 valence electrons. The van der Waals surface area contributed by atoms with Crippen LogP contribution in [0.3, 0.4) is 0 Å². The van der Waals surface area contributed by atoms with E-state index in [9.17, 15) is 9.59 Å². The molecule has 7 heteroatoms. The summed E-state index contributed by atoms with van der Waals surface area (Å²) in [6, 6.07) is 15.4. The van der Waals surface area contributed by atoms with E-state index in [-0.39, 0.29) is 11.5 Å². The van der Waals surface area contributed by atoms with Crippen LogP contribution in [-0.2, 0) is 11.3 Å². The molecule has 0 spiro atoms. The van der Waals surface area contributed by atoms with Gasteiger partial charge in [-0.3, -0.25) is 14.2 Å². The van der Waals surface area contributed by atoms with E-state index in [1.54, 1.807) is 4.57 Å². The summed E-state index contributed by atoms with van der Waals surface area (Å²) in [7, 11) is 0. The van der Waals surface area contributed by atoms with Crippen LogP contribution < -0.4 is 10.5 Å². The summed E-state index contributed by atoms with van der Waals surface area (Å²) >= 11 is 0. The molecule has 2 aromatic carbocycles. The quantitative estimate of drug-likeness (QED) is 0.616. The fourth-order valence-electron chi connectivity index (χ4n) is 4.89. The lowest BCUT2D eigenvalue weighted by Gasteiger charge is -2.33. The van der Waals surface area contributed by atoms with E-state index in [0.717, 1.165) is 61.7 Å². The molecule has 2 aliphatic rings. The molecular weight excluding hydrogens is 416 g/mol. The van der Waals surface area contributed by atoms with E-state index in [1.807, 2.05) is 60.4 Å². The number of piperidine rings is 1. The number of aromatic nitrogens is 2. The molecule has 33 heavy (non-hydrogen) atoms. The van der Waals surface area contributed by atoms with Crippen LogP contribution in [0.2, 0.25) is 0 Å². The summed E-state index contributed by atoms with van der Waals surface area (Å²) < 4.78 is 7.22. The first kappa shape index (κ1) is 21.6. The number of carbonyl (C=O) groups is 1. The Hall–Kier alpha value is -3.19. The molecule has 0 aliphatic carbocycles. The first-order valence-corrected chi connectivity index (χ1v) is 11.8. The van der Waals surface area contributed by atoms with Crippen LogP contribution >= 0.6 is 0 Å². The highest BCUT2D eigenvalue weighted by molar-refractivity contribution is 5.94. The van der Waals surface area contributed by atoms with Crippen LogP contribution in [0.5, 0.6) is 0 Å². The van der Waals surface area contributed by atoms with E-state index in [1.165, 1.54) is 0 Å². The minimum absolute atomic E-state index is 0.0250. The van der Waals surface area contributed by atoms with Gasteiger partial charge in [0.15, 0.2) is 0 Å². The predicted molar refractivity (Wildman–Crippen MR) is 129 cm³/mol. The van der Waals surface area contributed by atoms with Crippen molar-refractivity contribution in [3.63, 3.8) is 0 Å². The summed E-state index contributed by atoms with van der Waals surface area (Å²) in [5, 5.41) is 0.663. The smallest absolute Gasteiger partial charge is 0.261 e. The number of ether oxygens (including phenoxy) is 1. The number of aryl methyl sites for hydroxylation is 1. The van der Waals surface area contributed by atoms with Gasteiger partial charge in [0, 0.05) is 44.0 Å². The van der Waals surface area contributed by atoms with Gasteiger partial charge in [-0.15, -0.1) is 0 Å². The average Bonchev–Trinajstić information content (AvgIpc) is 2.87. The summed E-state index contributed by atoms with van der Waals surface area (Å²) in [5.74, 6) is 1.19. The largest absolute Gasteiger partial charge is 0.378 e. The van der Waals surface area contributed by atoms with Crippen molar-refractivity contribution < 1.29 is 9.53 Å². The van der Waals surface area contributed by atoms with Gasteiger partial charge in [0.1, 0.15) is 5.82 Å². The number of morpholine rings is 1. The lowest BCUT2D eigenvalue weighted by molar-refractivity contribution is 0.0682. The Labute approximate surface area is 193 Å². The van der Waals surface area contributed by atoms with Crippen molar-refractivity contribution in [2.45, 2.75) is 26.3 Å². The van der Waals surface area contributed by atoms with Gasteiger partial charge in [0.05, 0.1) is 24.1 Å².